The third kappa shape index (κ3) is 1.63. The highest BCUT2D eigenvalue weighted by atomic mass is 16.5. The molecule has 0 aromatic carbocycles. The highest BCUT2D eigenvalue weighted by molar-refractivity contribution is 5.38. The number of hydrogen-bond acceptors (Lipinski definition) is 5. The number of rotatable bonds is 2. The molecular formula is C9H14N4O. The third-order valence-corrected chi connectivity index (χ3v) is 2.24. The smallest absolute Gasteiger partial charge is 0.225 e. The molecule has 2 rings (SSSR count). The lowest BCUT2D eigenvalue weighted by Crippen LogP contribution is -2.66. The molecule has 14 heavy (non-hydrogen) atoms. The van der Waals surface area contributed by atoms with Gasteiger partial charge in [-0.05, 0) is 6.92 Å². The van der Waals surface area contributed by atoms with Crippen molar-refractivity contribution in [3.63, 3.8) is 0 Å². The van der Waals surface area contributed by atoms with Crippen LogP contribution in [0.4, 0.5) is 5.95 Å². The van der Waals surface area contributed by atoms with Crippen LogP contribution in [0.2, 0.25) is 0 Å². The molecule has 1 aliphatic rings. The molecule has 0 unspecified atom stereocenters. The van der Waals surface area contributed by atoms with Crippen LogP contribution in [0, 0.1) is 0 Å². The Morgan fingerprint density at radius 3 is 2.43 bits per heavy atom. The summed E-state index contributed by atoms with van der Waals surface area (Å²) in [6, 6.07) is 0. The molecule has 1 fully saturated rings. The van der Waals surface area contributed by atoms with Crippen LogP contribution in [-0.2, 0) is 0 Å². The summed E-state index contributed by atoms with van der Waals surface area (Å²) in [5, 5.41) is 0. The Kier molecular flexibility index (Phi) is 2.03. The number of methoxy groups -OCH3 is 1. The van der Waals surface area contributed by atoms with Gasteiger partial charge in [0.25, 0.3) is 0 Å². The minimum Gasteiger partial charge on any atom is -0.494 e. The van der Waals surface area contributed by atoms with E-state index in [0.717, 1.165) is 13.1 Å². The summed E-state index contributed by atoms with van der Waals surface area (Å²) in [7, 11) is 1.60. The monoisotopic (exact) mass is 194 g/mol. The Balaban J connectivity index is 2.05. The van der Waals surface area contributed by atoms with Crippen LogP contribution < -0.4 is 15.4 Å². The predicted molar refractivity (Wildman–Crippen MR) is 53.4 cm³/mol. The Morgan fingerprint density at radius 1 is 1.43 bits per heavy atom. The van der Waals surface area contributed by atoms with Crippen LogP contribution in [-0.4, -0.2) is 35.7 Å². The number of ether oxygens (including phenoxy) is 1. The Labute approximate surface area is 82.9 Å². The van der Waals surface area contributed by atoms with E-state index in [0.29, 0.717) is 11.7 Å². The number of aromatic nitrogens is 2. The van der Waals surface area contributed by atoms with Crippen molar-refractivity contribution in [2.24, 2.45) is 5.73 Å². The molecule has 1 saturated heterocycles. The van der Waals surface area contributed by atoms with Gasteiger partial charge in [0.05, 0.1) is 19.5 Å². The van der Waals surface area contributed by atoms with Gasteiger partial charge in [0, 0.05) is 18.6 Å². The summed E-state index contributed by atoms with van der Waals surface area (Å²) >= 11 is 0. The highest BCUT2D eigenvalue weighted by Crippen LogP contribution is 2.22. The van der Waals surface area contributed by atoms with Gasteiger partial charge in [-0.3, -0.25) is 0 Å². The van der Waals surface area contributed by atoms with E-state index in [-0.39, 0.29) is 5.54 Å². The Hall–Kier alpha value is -1.36. The first-order chi connectivity index (χ1) is 6.61. The molecule has 0 bridgehead atoms. The van der Waals surface area contributed by atoms with Crippen LogP contribution in [0.3, 0.4) is 0 Å². The molecule has 1 aliphatic heterocycles. The average molecular weight is 194 g/mol. The van der Waals surface area contributed by atoms with Crippen molar-refractivity contribution in [3.8, 4) is 5.75 Å². The van der Waals surface area contributed by atoms with Crippen LogP contribution >= 0.6 is 0 Å². The molecule has 5 nitrogen and oxygen atoms in total. The quantitative estimate of drug-likeness (QED) is 0.719. The predicted octanol–water partition coefficient (Wildman–Crippen LogP) is 0.0226. The standard InChI is InChI=1S/C9H14N4O/c1-9(10)5-13(6-9)8-11-3-7(14-2)4-12-8/h3-4H,5-6,10H2,1-2H3. The zero-order chi connectivity index (χ0) is 10.2. The summed E-state index contributed by atoms with van der Waals surface area (Å²) in [6.45, 7) is 3.63. The van der Waals surface area contributed by atoms with E-state index in [4.69, 9.17) is 10.5 Å². The van der Waals surface area contributed by atoms with Gasteiger partial charge in [-0.2, -0.15) is 0 Å². The maximum absolute atomic E-state index is 5.88. The maximum atomic E-state index is 5.88. The highest BCUT2D eigenvalue weighted by Gasteiger charge is 2.36. The van der Waals surface area contributed by atoms with Crippen molar-refractivity contribution in [3.05, 3.63) is 12.4 Å². The van der Waals surface area contributed by atoms with Crippen LogP contribution in [0.25, 0.3) is 0 Å². The van der Waals surface area contributed by atoms with Crippen molar-refractivity contribution in [1.82, 2.24) is 9.97 Å². The van der Waals surface area contributed by atoms with Gasteiger partial charge in [0.2, 0.25) is 5.95 Å². The largest absolute Gasteiger partial charge is 0.494 e. The molecule has 2 N–H and O–H groups in total. The van der Waals surface area contributed by atoms with E-state index in [9.17, 15) is 0 Å². The third-order valence-electron chi connectivity index (χ3n) is 2.24. The molecule has 2 heterocycles. The molecule has 0 radical (unpaired) electrons. The summed E-state index contributed by atoms with van der Waals surface area (Å²) in [5.41, 5.74) is 5.79. The van der Waals surface area contributed by atoms with E-state index in [1.54, 1.807) is 19.5 Å². The summed E-state index contributed by atoms with van der Waals surface area (Å²) in [4.78, 5) is 10.4. The topological polar surface area (TPSA) is 64.3 Å². The van der Waals surface area contributed by atoms with E-state index >= 15 is 0 Å². The second kappa shape index (κ2) is 3.09. The molecule has 1 aromatic rings. The molecule has 0 amide bonds. The zero-order valence-electron chi connectivity index (χ0n) is 8.40. The van der Waals surface area contributed by atoms with Crippen LogP contribution in [0.15, 0.2) is 12.4 Å². The zero-order valence-corrected chi connectivity index (χ0v) is 8.40. The molecular weight excluding hydrogens is 180 g/mol. The second-order valence-corrected chi connectivity index (χ2v) is 3.93. The lowest BCUT2D eigenvalue weighted by Gasteiger charge is -2.45. The lowest BCUT2D eigenvalue weighted by molar-refractivity contribution is 0.358. The second-order valence-electron chi connectivity index (χ2n) is 3.93. The van der Waals surface area contributed by atoms with Crippen molar-refractivity contribution in [2.45, 2.75) is 12.5 Å². The fraction of sp³-hybridized carbons (Fsp3) is 0.556. The number of anilines is 1. The molecule has 0 saturated carbocycles. The minimum atomic E-state index is -0.0940. The summed E-state index contributed by atoms with van der Waals surface area (Å²) in [6.07, 6.45) is 3.32. The van der Waals surface area contributed by atoms with Gasteiger partial charge in [-0.25, -0.2) is 9.97 Å². The van der Waals surface area contributed by atoms with Crippen LogP contribution in [0.1, 0.15) is 6.92 Å². The Morgan fingerprint density at radius 2 is 2.00 bits per heavy atom. The first kappa shape index (κ1) is 9.21. The van der Waals surface area contributed by atoms with Gasteiger partial charge in [0.15, 0.2) is 5.75 Å². The fourth-order valence-electron chi connectivity index (χ4n) is 1.55. The molecule has 1 aromatic heterocycles. The number of hydrogen-bond donors (Lipinski definition) is 1. The SMILES string of the molecule is COc1cnc(N2CC(C)(N)C2)nc1. The molecule has 5 heteroatoms. The molecule has 0 atom stereocenters. The van der Waals surface area contributed by atoms with Crippen molar-refractivity contribution in [2.75, 3.05) is 25.1 Å². The van der Waals surface area contributed by atoms with Gasteiger partial charge >= 0.3 is 0 Å². The summed E-state index contributed by atoms with van der Waals surface area (Å²) in [5.74, 6) is 1.39. The van der Waals surface area contributed by atoms with E-state index in [1.165, 1.54) is 0 Å². The average Bonchev–Trinajstić information content (AvgIpc) is 2.14. The maximum Gasteiger partial charge on any atom is 0.225 e. The first-order valence-corrected chi connectivity index (χ1v) is 4.51. The van der Waals surface area contributed by atoms with Crippen molar-refractivity contribution < 1.29 is 4.74 Å². The molecule has 0 aliphatic carbocycles. The van der Waals surface area contributed by atoms with Gasteiger partial charge in [-0.15, -0.1) is 0 Å². The van der Waals surface area contributed by atoms with Gasteiger partial charge in [-0.1, -0.05) is 0 Å². The van der Waals surface area contributed by atoms with Gasteiger partial charge in [0.1, 0.15) is 0 Å². The molecule has 0 spiro atoms. The number of nitrogens with zero attached hydrogens (tertiary/aromatic N) is 3. The van der Waals surface area contributed by atoms with E-state index in [2.05, 4.69) is 9.97 Å². The van der Waals surface area contributed by atoms with Crippen molar-refractivity contribution >= 4 is 5.95 Å². The van der Waals surface area contributed by atoms with Crippen LogP contribution in [0.5, 0.6) is 5.75 Å². The van der Waals surface area contributed by atoms with Gasteiger partial charge < -0.3 is 15.4 Å². The van der Waals surface area contributed by atoms with E-state index in [1.807, 2.05) is 11.8 Å². The normalized spacial score (nSPS) is 18.9. The fourth-order valence-corrected chi connectivity index (χ4v) is 1.55. The summed E-state index contributed by atoms with van der Waals surface area (Å²) < 4.78 is 4.97. The lowest BCUT2D eigenvalue weighted by atomic mass is 9.94. The minimum absolute atomic E-state index is 0.0940. The first-order valence-electron chi connectivity index (χ1n) is 4.51. The molecule has 76 valence electrons. The number of nitrogens with two attached hydrogens (primary N) is 1. The van der Waals surface area contributed by atoms with E-state index < -0.39 is 0 Å². The Bertz CT molecular complexity index is 314. The van der Waals surface area contributed by atoms with Crippen molar-refractivity contribution in [1.29, 1.82) is 0 Å².